The van der Waals surface area contributed by atoms with E-state index in [9.17, 15) is 4.79 Å². The Kier molecular flexibility index (Phi) is 4.77. The van der Waals surface area contributed by atoms with Crippen molar-refractivity contribution in [1.29, 1.82) is 5.26 Å². The Labute approximate surface area is 132 Å². The van der Waals surface area contributed by atoms with Crippen LogP contribution in [-0.2, 0) is 4.79 Å². The summed E-state index contributed by atoms with van der Waals surface area (Å²) < 4.78 is 6.68. The fourth-order valence-corrected chi connectivity index (χ4v) is 2.01. The first kappa shape index (κ1) is 14.6. The average Bonchev–Trinajstić information content (AvgIpc) is 2.84. The summed E-state index contributed by atoms with van der Waals surface area (Å²) in [5.74, 6) is -0.0540. The van der Waals surface area contributed by atoms with Gasteiger partial charge in [-0.3, -0.25) is 4.79 Å². The Hall–Kier alpha value is -1.84. The average molecular weight is 396 g/mol. The number of nitrogens with one attached hydrogen (secondary N) is 1. The van der Waals surface area contributed by atoms with Gasteiger partial charge in [-0.15, -0.1) is 0 Å². The zero-order chi connectivity index (χ0) is 14.5. The highest BCUT2D eigenvalue weighted by Crippen LogP contribution is 2.18. The molecular formula is C14H8Br2N2O2. The Bertz CT molecular complexity index is 697. The minimum absolute atomic E-state index is 0.0326. The lowest BCUT2D eigenvalue weighted by atomic mass is 10.2. The number of carbonyl (C=O) groups is 1. The smallest absolute Gasteiger partial charge is 0.266 e. The van der Waals surface area contributed by atoms with Crippen molar-refractivity contribution in [3.63, 3.8) is 0 Å². The van der Waals surface area contributed by atoms with Crippen molar-refractivity contribution in [3.05, 3.63) is 56.9 Å². The minimum Gasteiger partial charge on any atom is -0.450 e. The van der Waals surface area contributed by atoms with Crippen molar-refractivity contribution < 1.29 is 9.21 Å². The topological polar surface area (TPSA) is 66.0 Å². The number of halogens is 2. The maximum absolute atomic E-state index is 12.0. The Morgan fingerprint density at radius 1 is 1.20 bits per heavy atom. The Morgan fingerprint density at radius 2 is 1.90 bits per heavy atom. The van der Waals surface area contributed by atoms with Gasteiger partial charge in [-0.25, -0.2) is 0 Å². The van der Waals surface area contributed by atoms with Gasteiger partial charge >= 0.3 is 0 Å². The third-order valence-electron chi connectivity index (χ3n) is 2.35. The van der Waals surface area contributed by atoms with Crippen LogP contribution in [0.5, 0.6) is 0 Å². The van der Waals surface area contributed by atoms with E-state index < -0.39 is 5.91 Å². The molecule has 0 unspecified atom stereocenters. The summed E-state index contributed by atoms with van der Waals surface area (Å²) in [4.78, 5) is 12.0. The summed E-state index contributed by atoms with van der Waals surface area (Å²) >= 11 is 6.47. The molecule has 100 valence electrons. The number of hydrogen-bond donors (Lipinski definition) is 1. The van der Waals surface area contributed by atoms with E-state index in [1.807, 2.05) is 6.07 Å². The van der Waals surface area contributed by atoms with Gasteiger partial charge in [0.2, 0.25) is 0 Å². The normalized spacial score (nSPS) is 10.9. The van der Waals surface area contributed by atoms with Crippen molar-refractivity contribution in [2.75, 3.05) is 5.32 Å². The van der Waals surface area contributed by atoms with Crippen LogP contribution in [-0.4, -0.2) is 5.91 Å². The van der Waals surface area contributed by atoms with Gasteiger partial charge < -0.3 is 9.73 Å². The first-order valence-electron chi connectivity index (χ1n) is 5.52. The molecule has 4 nitrogen and oxygen atoms in total. The van der Waals surface area contributed by atoms with Gasteiger partial charge in [0.1, 0.15) is 17.4 Å². The van der Waals surface area contributed by atoms with Crippen molar-refractivity contribution in [2.45, 2.75) is 0 Å². The number of rotatable bonds is 3. The first-order chi connectivity index (χ1) is 9.58. The first-order valence-corrected chi connectivity index (χ1v) is 7.11. The van der Waals surface area contributed by atoms with E-state index in [1.165, 1.54) is 6.08 Å². The molecule has 1 amide bonds. The molecular weight excluding hydrogens is 388 g/mol. The van der Waals surface area contributed by atoms with E-state index in [2.05, 4.69) is 37.2 Å². The zero-order valence-corrected chi connectivity index (χ0v) is 13.2. The fraction of sp³-hybridized carbons (Fsp3) is 0. The second-order valence-corrected chi connectivity index (χ2v) is 5.47. The summed E-state index contributed by atoms with van der Waals surface area (Å²) in [7, 11) is 0. The monoisotopic (exact) mass is 394 g/mol. The Balaban J connectivity index is 2.16. The second kappa shape index (κ2) is 6.55. The number of anilines is 1. The van der Waals surface area contributed by atoms with Crippen LogP contribution < -0.4 is 5.32 Å². The van der Waals surface area contributed by atoms with Crippen molar-refractivity contribution >= 4 is 49.5 Å². The molecule has 6 heteroatoms. The molecule has 0 aliphatic carbocycles. The number of nitriles is 1. The van der Waals surface area contributed by atoms with Crippen LogP contribution in [0.1, 0.15) is 5.76 Å². The van der Waals surface area contributed by atoms with Gasteiger partial charge in [-0.05, 0) is 52.3 Å². The van der Waals surface area contributed by atoms with Crippen LogP contribution in [0.4, 0.5) is 5.69 Å². The molecule has 0 radical (unpaired) electrons. The molecule has 0 fully saturated rings. The van der Waals surface area contributed by atoms with Gasteiger partial charge in [-0.1, -0.05) is 15.9 Å². The molecule has 1 aromatic heterocycles. The van der Waals surface area contributed by atoms with Crippen molar-refractivity contribution in [2.24, 2.45) is 0 Å². The van der Waals surface area contributed by atoms with E-state index in [-0.39, 0.29) is 5.57 Å². The molecule has 0 aliphatic heterocycles. The highest BCUT2D eigenvalue weighted by Gasteiger charge is 2.10. The summed E-state index contributed by atoms with van der Waals surface area (Å²) in [6.07, 6.45) is 1.39. The van der Waals surface area contributed by atoms with E-state index in [0.717, 1.165) is 4.47 Å². The van der Waals surface area contributed by atoms with Crippen molar-refractivity contribution in [1.82, 2.24) is 0 Å². The van der Waals surface area contributed by atoms with E-state index in [1.54, 1.807) is 36.4 Å². The molecule has 2 rings (SSSR count). The lowest BCUT2D eigenvalue weighted by Gasteiger charge is -2.03. The molecule has 0 saturated heterocycles. The highest BCUT2D eigenvalue weighted by molar-refractivity contribution is 9.10. The molecule has 1 heterocycles. The number of benzene rings is 1. The van der Waals surface area contributed by atoms with Crippen molar-refractivity contribution in [3.8, 4) is 6.07 Å². The van der Waals surface area contributed by atoms with E-state index >= 15 is 0 Å². The summed E-state index contributed by atoms with van der Waals surface area (Å²) in [6, 6.07) is 12.3. The van der Waals surface area contributed by atoms with Crippen LogP contribution in [0, 0.1) is 11.3 Å². The molecule has 1 aromatic carbocycles. The standard InChI is InChI=1S/C14H8Br2N2O2/c15-10-1-3-11(4-2-10)18-14(19)9(8-17)7-12-5-6-13(16)20-12/h1-7H,(H,18,19)/b9-7-. The predicted octanol–water partition coefficient (Wildman–Crippen LogP) is 4.35. The molecule has 0 saturated carbocycles. The van der Waals surface area contributed by atoms with Crippen LogP contribution in [0.2, 0.25) is 0 Å². The molecule has 1 N–H and O–H groups in total. The summed E-state index contributed by atoms with van der Waals surface area (Å²) in [6.45, 7) is 0. The number of amides is 1. The number of furan rings is 1. The maximum atomic E-state index is 12.0. The van der Waals surface area contributed by atoms with Crippen LogP contribution in [0.25, 0.3) is 6.08 Å². The van der Waals surface area contributed by atoms with Gasteiger partial charge in [0.15, 0.2) is 4.67 Å². The van der Waals surface area contributed by atoms with Crippen LogP contribution in [0.15, 0.2) is 55.5 Å². The summed E-state index contributed by atoms with van der Waals surface area (Å²) in [5, 5.41) is 11.7. The van der Waals surface area contributed by atoms with Crippen LogP contribution >= 0.6 is 31.9 Å². The van der Waals surface area contributed by atoms with Gasteiger partial charge in [0, 0.05) is 16.2 Å². The molecule has 0 atom stereocenters. The van der Waals surface area contributed by atoms with Gasteiger partial charge in [0.25, 0.3) is 5.91 Å². The number of nitrogens with zero attached hydrogens (tertiary/aromatic N) is 1. The summed E-state index contributed by atoms with van der Waals surface area (Å²) in [5.41, 5.74) is 0.578. The molecule has 2 aromatic rings. The molecule has 0 aliphatic rings. The highest BCUT2D eigenvalue weighted by atomic mass is 79.9. The SMILES string of the molecule is N#C/C(=C/c1ccc(Br)o1)C(=O)Nc1ccc(Br)cc1. The predicted molar refractivity (Wildman–Crippen MR) is 82.8 cm³/mol. The lowest BCUT2D eigenvalue weighted by Crippen LogP contribution is -2.13. The maximum Gasteiger partial charge on any atom is 0.266 e. The van der Waals surface area contributed by atoms with Crippen LogP contribution in [0.3, 0.4) is 0 Å². The quantitative estimate of drug-likeness (QED) is 0.620. The molecule has 0 bridgehead atoms. The molecule has 20 heavy (non-hydrogen) atoms. The van der Waals surface area contributed by atoms with Gasteiger partial charge in [0.05, 0.1) is 0 Å². The zero-order valence-electron chi connectivity index (χ0n) is 10.1. The lowest BCUT2D eigenvalue weighted by molar-refractivity contribution is -0.112. The largest absolute Gasteiger partial charge is 0.450 e. The third-order valence-corrected chi connectivity index (χ3v) is 3.30. The molecule has 0 spiro atoms. The third kappa shape index (κ3) is 3.83. The Morgan fingerprint density at radius 3 is 2.45 bits per heavy atom. The van der Waals surface area contributed by atoms with Gasteiger partial charge in [-0.2, -0.15) is 5.26 Å². The van der Waals surface area contributed by atoms with E-state index in [4.69, 9.17) is 9.68 Å². The number of hydrogen-bond acceptors (Lipinski definition) is 3. The minimum atomic E-state index is -0.484. The second-order valence-electron chi connectivity index (χ2n) is 3.77. The fourth-order valence-electron chi connectivity index (χ4n) is 1.43. The van der Waals surface area contributed by atoms with E-state index in [0.29, 0.717) is 16.1 Å². The number of carbonyl (C=O) groups excluding carboxylic acids is 1.